The first-order chi connectivity index (χ1) is 12.8. The van der Waals surface area contributed by atoms with Crippen molar-refractivity contribution in [1.29, 1.82) is 0 Å². The first kappa shape index (κ1) is 22.7. The largest absolute Gasteiger partial charge is 0.494 e. The van der Waals surface area contributed by atoms with Gasteiger partial charge in [0.25, 0.3) is 5.91 Å². The topological polar surface area (TPSA) is 72.9 Å². The number of Topliss-reactive ketones (excluding diaryl/α,β-unsaturated/α-hetero) is 1. The minimum absolute atomic E-state index is 0.0297. The maximum absolute atomic E-state index is 12.2. The van der Waals surface area contributed by atoms with E-state index < -0.39 is 5.97 Å². The van der Waals surface area contributed by atoms with E-state index in [0.717, 1.165) is 6.42 Å². The second kappa shape index (κ2) is 11.4. The molecule has 0 heterocycles. The van der Waals surface area contributed by atoms with Crippen LogP contribution in [0.15, 0.2) is 24.3 Å². The number of nitrogens with zero attached hydrogens (tertiary/aromatic N) is 1. The van der Waals surface area contributed by atoms with Gasteiger partial charge >= 0.3 is 5.97 Å². The zero-order valence-corrected chi connectivity index (χ0v) is 17.0. The summed E-state index contributed by atoms with van der Waals surface area (Å²) in [6, 6.07) is 6.92. The van der Waals surface area contributed by atoms with Crippen molar-refractivity contribution in [2.75, 3.05) is 13.2 Å². The van der Waals surface area contributed by atoms with Gasteiger partial charge in [-0.05, 0) is 58.4 Å². The number of amides is 1. The molecule has 0 atom stereocenters. The Morgan fingerprint density at radius 2 is 1.56 bits per heavy atom. The molecule has 0 saturated carbocycles. The summed E-state index contributed by atoms with van der Waals surface area (Å²) >= 11 is 0. The van der Waals surface area contributed by atoms with Crippen molar-refractivity contribution < 1.29 is 23.9 Å². The fourth-order valence-corrected chi connectivity index (χ4v) is 2.78. The zero-order valence-electron chi connectivity index (χ0n) is 17.0. The summed E-state index contributed by atoms with van der Waals surface area (Å²) in [7, 11) is 0. The van der Waals surface area contributed by atoms with Gasteiger partial charge in [0.05, 0.1) is 13.0 Å². The highest BCUT2D eigenvalue weighted by Gasteiger charge is 2.21. The molecule has 0 radical (unpaired) electrons. The van der Waals surface area contributed by atoms with Crippen LogP contribution in [0.4, 0.5) is 0 Å². The molecule has 1 aromatic carbocycles. The van der Waals surface area contributed by atoms with E-state index in [1.165, 1.54) is 0 Å². The number of esters is 1. The highest BCUT2D eigenvalue weighted by Crippen LogP contribution is 2.14. The Kier molecular flexibility index (Phi) is 9.54. The molecule has 0 N–H and O–H groups in total. The average Bonchev–Trinajstić information content (AvgIpc) is 2.62. The Balaban J connectivity index is 2.43. The predicted molar refractivity (Wildman–Crippen MR) is 104 cm³/mol. The minimum Gasteiger partial charge on any atom is -0.494 e. The van der Waals surface area contributed by atoms with Crippen LogP contribution in [0.1, 0.15) is 64.2 Å². The van der Waals surface area contributed by atoms with Gasteiger partial charge in [0.2, 0.25) is 0 Å². The molecule has 0 aromatic heterocycles. The van der Waals surface area contributed by atoms with Crippen LogP contribution in [0.3, 0.4) is 0 Å². The highest BCUT2D eigenvalue weighted by atomic mass is 16.5. The summed E-state index contributed by atoms with van der Waals surface area (Å²) < 4.78 is 10.5. The minimum atomic E-state index is -0.549. The molecule has 0 spiro atoms. The van der Waals surface area contributed by atoms with Crippen LogP contribution in [0.5, 0.6) is 5.75 Å². The van der Waals surface area contributed by atoms with Crippen LogP contribution in [0.25, 0.3) is 0 Å². The molecule has 0 aliphatic heterocycles. The Bertz CT molecular complexity index is 614. The van der Waals surface area contributed by atoms with E-state index in [4.69, 9.17) is 9.47 Å². The Labute approximate surface area is 161 Å². The molecule has 0 saturated heterocycles. The van der Waals surface area contributed by atoms with Crippen molar-refractivity contribution in [2.45, 2.75) is 66.0 Å². The van der Waals surface area contributed by atoms with Gasteiger partial charge in [-0.2, -0.15) is 0 Å². The van der Waals surface area contributed by atoms with Crippen molar-refractivity contribution in [3.8, 4) is 5.75 Å². The normalized spacial score (nSPS) is 10.8. The lowest BCUT2D eigenvalue weighted by molar-refractivity contribution is -0.153. The Morgan fingerprint density at radius 3 is 2.07 bits per heavy atom. The monoisotopic (exact) mass is 377 g/mol. The fourth-order valence-electron chi connectivity index (χ4n) is 2.78. The second-order valence-corrected chi connectivity index (χ2v) is 6.95. The lowest BCUT2D eigenvalue weighted by Gasteiger charge is -2.30. The Hall–Kier alpha value is -2.37. The molecule has 1 aromatic rings. The van der Waals surface area contributed by atoms with Gasteiger partial charge in [-0.15, -0.1) is 0 Å². The molecule has 0 bridgehead atoms. The number of hydrogen-bond acceptors (Lipinski definition) is 5. The summed E-state index contributed by atoms with van der Waals surface area (Å²) in [6.07, 6.45) is 0.904. The summed E-state index contributed by atoms with van der Waals surface area (Å²) in [6.45, 7) is 10.0. The van der Waals surface area contributed by atoms with E-state index >= 15 is 0 Å². The van der Waals surface area contributed by atoms with Crippen LogP contribution >= 0.6 is 0 Å². The summed E-state index contributed by atoms with van der Waals surface area (Å²) in [4.78, 5) is 37.9. The summed E-state index contributed by atoms with van der Waals surface area (Å²) in [5.74, 6) is -0.216. The van der Waals surface area contributed by atoms with Gasteiger partial charge in [0, 0.05) is 24.1 Å². The molecule has 1 rings (SSSR count). The maximum Gasteiger partial charge on any atom is 0.306 e. The van der Waals surface area contributed by atoms with Crippen molar-refractivity contribution in [3.63, 3.8) is 0 Å². The first-order valence-corrected chi connectivity index (χ1v) is 9.49. The van der Waals surface area contributed by atoms with Crippen LogP contribution in [0, 0.1) is 0 Å². The van der Waals surface area contributed by atoms with Gasteiger partial charge in [-0.1, -0.05) is 6.92 Å². The third kappa shape index (κ3) is 7.81. The molecule has 27 heavy (non-hydrogen) atoms. The van der Waals surface area contributed by atoms with Gasteiger partial charge in [0.15, 0.2) is 12.4 Å². The standard InChI is InChI=1S/C21H31NO5/c1-6-13-26-18-9-7-17(8-10-18)19(23)11-12-21(25)27-14-20(24)22(15(2)3)16(4)5/h7-10,15-16H,6,11-14H2,1-5H3. The smallest absolute Gasteiger partial charge is 0.306 e. The number of carbonyl (C=O) groups excluding carboxylic acids is 3. The average molecular weight is 377 g/mol. The number of carbonyl (C=O) groups is 3. The molecular formula is C21H31NO5. The maximum atomic E-state index is 12.2. The number of ether oxygens (including phenoxy) is 2. The van der Waals surface area contributed by atoms with Gasteiger partial charge in [0.1, 0.15) is 5.75 Å². The van der Waals surface area contributed by atoms with E-state index in [1.807, 2.05) is 34.6 Å². The first-order valence-electron chi connectivity index (χ1n) is 9.49. The lowest BCUT2D eigenvalue weighted by atomic mass is 10.1. The van der Waals surface area contributed by atoms with Crippen LogP contribution in [0.2, 0.25) is 0 Å². The molecule has 0 aliphatic rings. The molecule has 0 unspecified atom stereocenters. The van der Waals surface area contributed by atoms with Crippen molar-refractivity contribution in [3.05, 3.63) is 29.8 Å². The number of ketones is 1. The van der Waals surface area contributed by atoms with E-state index in [1.54, 1.807) is 29.2 Å². The SMILES string of the molecule is CCCOc1ccc(C(=O)CCC(=O)OCC(=O)N(C(C)C)C(C)C)cc1. The molecule has 6 heteroatoms. The molecule has 0 aliphatic carbocycles. The number of rotatable bonds is 11. The molecule has 0 fully saturated rings. The van der Waals surface area contributed by atoms with E-state index in [2.05, 4.69) is 0 Å². The summed E-state index contributed by atoms with van der Waals surface area (Å²) in [5, 5.41) is 0. The quantitative estimate of drug-likeness (QED) is 0.435. The fraction of sp³-hybridized carbons (Fsp3) is 0.571. The van der Waals surface area contributed by atoms with Crippen LogP contribution in [-0.2, 0) is 14.3 Å². The summed E-state index contributed by atoms with van der Waals surface area (Å²) in [5.41, 5.74) is 0.522. The molecule has 1 amide bonds. The molecule has 6 nitrogen and oxygen atoms in total. The molecule has 150 valence electrons. The van der Waals surface area contributed by atoms with Gasteiger partial charge in [-0.25, -0.2) is 0 Å². The van der Waals surface area contributed by atoms with Crippen molar-refractivity contribution >= 4 is 17.7 Å². The van der Waals surface area contributed by atoms with Crippen molar-refractivity contribution in [1.82, 2.24) is 4.90 Å². The predicted octanol–water partition coefficient (Wildman–Crippen LogP) is 3.63. The van der Waals surface area contributed by atoms with Gasteiger partial charge in [-0.3, -0.25) is 14.4 Å². The second-order valence-electron chi connectivity index (χ2n) is 6.95. The third-order valence-electron chi connectivity index (χ3n) is 3.96. The molecular weight excluding hydrogens is 346 g/mol. The number of benzene rings is 1. The van der Waals surface area contributed by atoms with Crippen molar-refractivity contribution in [2.24, 2.45) is 0 Å². The van der Waals surface area contributed by atoms with E-state index in [-0.39, 0.29) is 43.2 Å². The van der Waals surface area contributed by atoms with Gasteiger partial charge < -0.3 is 14.4 Å². The lowest BCUT2D eigenvalue weighted by Crippen LogP contribution is -2.44. The van der Waals surface area contributed by atoms with E-state index in [9.17, 15) is 14.4 Å². The van der Waals surface area contributed by atoms with Crippen LogP contribution in [-0.4, -0.2) is 47.9 Å². The number of hydrogen-bond donors (Lipinski definition) is 0. The van der Waals surface area contributed by atoms with E-state index in [0.29, 0.717) is 17.9 Å². The zero-order chi connectivity index (χ0) is 20.4. The Morgan fingerprint density at radius 1 is 0.963 bits per heavy atom. The highest BCUT2D eigenvalue weighted by molar-refractivity contribution is 5.97. The van der Waals surface area contributed by atoms with Crippen LogP contribution < -0.4 is 4.74 Å². The third-order valence-corrected chi connectivity index (χ3v) is 3.96.